The second-order valence-electron chi connectivity index (χ2n) is 4.06. The van der Waals surface area contributed by atoms with Crippen LogP contribution in [0.1, 0.15) is 12.8 Å². The van der Waals surface area contributed by atoms with Crippen LogP contribution in [0, 0.1) is 5.92 Å². The number of allylic oxidation sites excluding steroid dienone is 1. The lowest BCUT2D eigenvalue weighted by Crippen LogP contribution is -2.43. The molecule has 1 saturated heterocycles. The van der Waals surface area contributed by atoms with Crippen molar-refractivity contribution in [3.8, 4) is 0 Å². The Labute approximate surface area is 74.8 Å². The van der Waals surface area contributed by atoms with Gasteiger partial charge in [-0.25, -0.2) is 0 Å². The summed E-state index contributed by atoms with van der Waals surface area (Å²) in [6.07, 6.45) is 2.76. The van der Waals surface area contributed by atoms with Crippen LogP contribution in [0.4, 0.5) is 0 Å². The Bertz CT molecular complexity index is 176. The van der Waals surface area contributed by atoms with Crippen LogP contribution in [0.25, 0.3) is 0 Å². The zero-order chi connectivity index (χ0) is 8.55. The molecule has 2 heteroatoms. The van der Waals surface area contributed by atoms with Crippen molar-refractivity contribution in [1.29, 1.82) is 0 Å². The van der Waals surface area contributed by atoms with E-state index < -0.39 is 0 Å². The average Bonchev–Trinajstić information content (AvgIpc) is 2.87. The molecule has 0 radical (unpaired) electrons. The molecule has 0 bridgehead atoms. The van der Waals surface area contributed by atoms with Gasteiger partial charge in [-0.3, -0.25) is 0 Å². The summed E-state index contributed by atoms with van der Waals surface area (Å²) in [5.41, 5.74) is 1.41. The summed E-state index contributed by atoms with van der Waals surface area (Å²) in [4.78, 5) is 4.86. The first-order chi connectivity index (χ1) is 5.77. The first-order valence-electron chi connectivity index (χ1n) is 4.89. The van der Waals surface area contributed by atoms with Crippen LogP contribution >= 0.6 is 0 Å². The second-order valence-corrected chi connectivity index (χ2v) is 4.06. The van der Waals surface area contributed by atoms with Gasteiger partial charge in [0, 0.05) is 31.9 Å². The molecule has 2 fully saturated rings. The minimum atomic E-state index is 0.841. The molecule has 0 spiro atoms. The Hall–Kier alpha value is -0.500. The third-order valence-electron chi connectivity index (χ3n) is 2.96. The molecule has 2 rings (SSSR count). The number of rotatable bonds is 2. The van der Waals surface area contributed by atoms with Crippen molar-refractivity contribution in [1.82, 2.24) is 9.80 Å². The lowest BCUT2D eigenvalue weighted by atomic mass is 10.2. The Kier molecular flexibility index (Phi) is 2.09. The lowest BCUT2D eigenvalue weighted by molar-refractivity contribution is 0.181. The molecule has 68 valence electrons. The monoisotopic (exact) mass is 166 g/mol. The third-order valence-corrected chi connectivity index (χ3v) is 2.96. The molecule has 0 aromatic heterocycles. The van der Waals surface area contributed by atoms with E-state index >= 15 is 0 Å². The molecule has 12 heavy (non-hydrogen) atoms. The van der Waals surface area contributed by atoms with Crippen LogP contribution in [-0.2, 0) is 0 Å². The fourth-order valence-corrected chi connectivity index (χ4v) is 1.77. The Balaban J connectivity index is 1.84. The molecule has 0 N–H and O–H groups in total. The molecule has 0 aromatic carbocycles. The molecule has 1 saturated carbocycles. The second kappa shape index (κ2) is 3.09. The van der Waals surface area contributed by atoms with Crippen molar-refractivity contribution in [2.45, 2.75) is 12.8 Å². The van der Waals surface area contributed by atoms with Gasteiger partial charge in [-0.15, -0.1) is 0 Å². The maximum atomic E-state index is 4.17. The number of likely N-dealkylation sites (N-methyl/N-ethyl adjacent to an activating group) is 1. The van der Waals surface area contributed by atoms with E-state index in [1.54, 1.807) is 0 Å². The number of piperazine rings is 1. The Morgan fingerprint density at radius 1 is 1.17 bits per heavy atom. The highest BCUT2D eigenvalue weighted by molar-refractivity contribution is 5.07. The van der Waals surface area contributed by atoms with Crippen LogP contribution in [-0.4, -0.2) is 43.0 Å². The number of hydrogen-bond acceptors (Lipinski definition) is 2. The first kappa shape index (κ1) is 8.11. The minimum Gasteiger partial charge on any atom is -0.373 e. The van der Waals surface area contributed by atoms with Crippen molar-refractivity contribution in [2.24, 2.45) is 5.92 Å². The average molecular weight is 166 g/mol. The zero-order valence-electron chi connectivity index (χ0n) is 7.92. The summed E-state index contributed by atoms with van der Waals surface area (Å²) in [5.74, 6) is 0.841. The fourth-order valence-electron chi connectivity index (χ4n) is 1.77. The van der Waals surface area contributed by atoms with E-state index in [2.05, 4.69) is 23.4 Å². The van der Waals surface area contributed by atoms with Gasteiger partial charge in [0.1, 0.15) is 0 Å². The van der Waals surface area contributed by atoms with Gasteiger partial charge in [-0.2, -0.15) is 0 Å². The molecule has 0 unspecified atom stereocenters. The van der Waals surface area contributed by atoms with Crippen LogP contribution in [0.5, 0.6) is 0 Å². The molecule has 1 aliphatic carbocycles. The van der Waals surface area contributed by atoms with E-state index in [0.717, 1.165) is 5.92 Å². The zero-order valence-corrected chi connectivity index (χ0v) is 7.92. The van der Waals surface area contributed by atoms with Crippen molar-refractivity contribution in [3.63, 3.8) is 0 Å². The topological polar surface area (TPSA) is 6.48 Å². The summed E-state index contributed by atoms with van der Waals surface area (Å²) in [6.45, 7) is 8.95. The van der Waals surface area contributed by atoms with Crippen molar-refractivity contribution in [3.05, 3.63) is 12.3 Å². The summed E-state index contributed by atoms with van der Waals surface area (Å²) in [7, 11) is 2.19. The van der Waals surface area contributed by atoms with Gasteiger partial charge < -0.3 is 9.80 Å². The highest BCUT2D eigenvalue weighted by Gasteiger charge is 2.29. The van der Waals surface area contributed by atoms with E-state index in [4.69, 9.17) is 0 Å². The van der Waals surface area contributed by atoms with Gasteiger partial charge in [0.25, 0.3) is 0 Å². The van der Waals surface area contributed by atoms with Gasteiger partial charge in [-0.05, 0) is 25.8 Å². The standard InChI is InChI=1S/C10H18N2/c1-9(10-3-4-10)12-7-5-11(2)6-8-12/h10H,1,3-8H2,2H3. The largest absolute Gasteiger partial charge is 0.373 e. The highest BCUT2D eigenvalue weighted by Crippen LogP contribution is 2.37. The smallest absolute Gasteiger partial charge is 0.0303 e. The molecule has 1 heterocycles. The highest BCUT2D eigenvalue weighted by atomic mass is 15.3. The predicted octanol–water partition coefficient (Wildman–Crippen LogP) is 1.16. The lowest BCUT2D eigenvalue weighted by Gasteiger charge is -2.35. The van der Waals surface area contributed by atoms with Gasteiger partial charge in [0.05, 0.1) is 0 Å². The Morgan fingerprint density at radius 3 is 2.25 bits per heavy atom. The number of hydrogen-bond donors (Lipinski definition) is 0. The molecular weight excluding hydrogens is 148 g/mol. The van der Waals surface area contributed by atoms with Crippen LogP contribution in [0.2, 0.25) is 0 Å². The van der Waals surface area contributed by atoms with Gasteiger partial charge in [0.15, 0.2) is 0 Å². The quantitative estimate of drug-likeness (QED) is 0.607. The SMILES string of the molecule is C=C(C1CC1)N1CCN(C)CC1. The van der Waals surface area contributed by atoms with Gasteiger partial charge in [-0.1, -0.05) is 6.58 Å². The minimum absolute atomic E-state index is 0.841. The Morgan fingerprint density at radius 2 is 1.75 bits per heavy atom. The summed E-state index contributed by atoms with van der Waals surface area (Å²) in [6, 6.07) is 0. The van der Waals surface area contributed by atoms with Crippen molar-refractivity contribution in [2.75, 3.05) is 33.2 Å². The van der Waals surface area contributed by atoms with E-state index in [0.29, 0.717) is 0 Å². The summed E-state index contributed by atoms with van der Waals surface area (Å²) >= 11 is 0. The van der Waals surface area contributed by atoms with Gasteiger partial charge in [0.2, 0.25) is 0 Å². The van der Waals surface area contributed by atoms with E-state index in [1.807, 2.05) is 0 Å². The third kappa shape index (κ3) is 1.63. The molecule has 0 atom stereocenters. The van der Waals surface area contributed by atoms with Gasteiger partial charge >= 0.3 is 0 Å². The van der Waals surface area contributed by atoms with Crippen LogP contribution in [0.15, 0.2) is 12.3 Å². The normalized spacial score (nSPS) is 25.9. The molecule has 2 aliphatic rings. The molecule has 0 aromatic rings. The van der Waals surface area contributed by atoms with Crippen LogP contribution in [0.3, 0.4) is 0 Å². The van der Waals surface area contributed by atoms with E-state index in [1.165, 1.54) is 44.7 Å². The summed E-state index contributed by atoms with van der Waals surface area (Å²) < 4.78 is 0. The van der Waals surface area contributed by atoms with E-state index in [9.17, 15) is 0 Å². The predicted molar refractivity (Wildman–Crippen MR) is 50.9 cm³/mol. The molecule has 1 aliphatic heterocycles. The van der Waals surface area contributed by atoms with Crippen molar-refractivity contribution >= 4 is 0 Å². The molecule has 2 nitrogen and oxygen atoms in total. The summed E-state index contributed by atoms with van der Waals surface area (Å²) in [5, 5.41) is 0. The maximum absolute atomic E-state index is 4.17. The first-order valence-corrected chi connectivity index (χ1v) is 4.89. The fraction of sp³-hybridized carbons (Fsp3) is 0.800. The molecule has 0 amide bonds. The van der Waals surface area contributed by atoms with Crippen molar-refractivity contribution < 1.29 is 0 Å². The van der Waals surface area contributed by atoms with E-state index in [-0.39, 0.29) is 0 Å². The maximum Gasteiger partial charge on any atom is 0.0303 e. The number of nitrogens with zero attached hydrogens (tertiary/aromatic N) is 2. The molecular formula is C10H18N2. The van der Waals surface area contributed by atoms with Crippen LogP contribution < -0.4 is 0 Å².